The molecule has 0 aliphatic rings. The number of nitrogens with one attached hydrogen (secondary N) is 1. The van der Waals surface area contributed by atoms with Crippen molar-refractivity contribution in [2.24, 2.45) is 0 Å². The van der Waals surface area contributed by atoms with E-state index >= 15 is 0 Å². The third-order valence-electron chi connectivity index (χ3n) is 3.02. The largest absolute Gasteiger partial charge is 0.372 e. The number of rotatable bonds is 6. The summed E-state index contributed by atoms with van der Waals surface area (Å²) in [5.41, 5.74) is 2.93. The van der Waals surface area contributed by atoms with Crippen molar-refractivity contribution in [3.63, 3.8) is 0 Å². The van der Waals surface area contributed by atoms with Gasteiger partial charge in [0.15, 0.2) is 0 Å². The van der Waals surface area contributed by atoms with Gasteiger partial charge in [-0.2, -0.15) is 0 Å². The first kappa shape index (κ1) is 15.0. The Morgan fingerprint density at radius 3 is 2.33 bits per heavy atom. The summed E-state index contributed by atoms with van der Waals surface area (Å²) < 4.78 is 0. The van der Waals surface area contributed by atoms with E-state index in [1.807, 2.05) is 0 Å². The normalized spacial score (nSPS) is 11.6. The third-order valence-corrected chi connectivity index (χ3v) is 3.02. The second-order valence-corrected chi connectivity index (χ2v) is 5.81. The maximum atomic E-state index is 3.57. The topological polar surface area (TPSA) is 15.3 Å². The number of benzene rings is 1. The fourth-order valence-electron chi connectivity index (χ4n) is 2.05. The molecular weight excluding hydrogens is 220 g/mol. The van der Waals surface area contributed by atoms with Crippen LogP contribution in [0.3, 0.4) is 0 Å². The Balaban J connectivity index is 2.84. The molecule has 0 aliphatic heterocycles. The number of hydrogen-bond donors (Lipinski definition) is 1. The molecule has 0 atom stereocenters. The van der Waals surface area contributed by atoms with Crippen molar-refractivity contribution in [3.05, 3.63) is 29.8 Å². The fraction of sp³-hybridized carbons (Fsp3) is 0.625. The zero-order chi connectivity index (χ0) is 13.6. The van der Waals surface area contributed by atoms with E-state index in [0.717, 1.165) is 19.6 Å². The van der Waals surface area contributed by atoms with Gasteiger partial charge < -0.3 is 10.2 Å². The lowest BCUT2D eigenvalue weighted by Gasteiger charge is -2.27. The Kier molecular flexibility index (Phi) is 5.67. The zero-order valence-corrected chi connectivity index (χ0v) is 12.6. The SMILES string of the molecule is CCCN(CC)c1ccccc1CNC(C)(C)C. The van der Waals surface area contributed by atoms with E-state index in [-0.39, 0.29) is 5.54 Å². The van der Waals surface area contributed by atoms with Crippen molar-refractivity contribution in [1.82, 2.24) is 5.32 Å². The predicted octanol–water partition coefficient (Wildman–Crippen LogP) is 3.81. The minimum Gasteiger partial charge on any atom is -0.372 e. The average molecular weight is 248 g/mol. The minimum atomic E-state index is 0.162. The molecule has 0 heterocycles. The molecule has 1 N–H and O–H groups in total. The molecule has 0 aromatic heterocycles. The molecule has 1 aromatic carbocycles. The van der Waals surface area contributed by atoms with Crippen LogP contribution in [0, 0.1) is 0 Å². The van der Waals surface area contributed by atoms with Crippen LogP contribution in [-0.4, -0.2) is 18.6 Å². The van der Waals surface area contributed by atoms with E-state index in [4.69, 9.17) is 0 Å². The number of nitrogens with zero attached hydrogens (tertiary/aromatic N) is 1. The molecule has 0 amide bonds. The summed E-state index contributed by atoms with van der Waals surface area (Å²) >= 11 is 0. The average Bonchev–Trinajstić information content (AvgIpc) is 2.33. The van der Waals surface area contributed by atoms with Gasteiger partial charge in [0.05, 0.1) is 0 Å². The quantitative estimate of drug-likeness (QED) is 0.823. The van der Waals surface area contributed by atoms with Gasteiger partial charge in [0.1, 0.15) is 0 Å². The van der Waals surface area contributed by atoms with E-state index in [2.05, 4.69) is 69.1 Å². The van der Waals surface area contributed by atoms with Crippen LogP contribution in [0.25, 0.3) is 0 Å². The molecule has 102 valence electrons. The van der Waals surface area contributed by atoms with Crippen molar-refractivity contribution in [3.8, 4) is 0 Å². The highest BCUT2D eigenvalue weighted by atomic mass is 15.1. The molecule has 0 unspecified atom stereocenters. The molecule has 18 heavy (non-hydrogen) atoms. The van der Waals surface area contributed by atoms with Crippen molar-refractivity contribution < 1.29 is 0 Å². The van der Waals surface area contributed by atoms with Crippen molar-refractivity contribution in [2.75, 3.05) is 18.0 Å². The van der Waals surface area contributed by atoms with E-state index in [9.17, 15) is 0 Å². The Labute approximate surface area is 112 Å². The Bertz CT molecular complexity index is 352. The highest BCUT2D eigenvalue weighted by Gasteiger charge is 2.12. The van der Waals surface area contributed by atoms with Gasteiger partial charge in [-0.3, -0.25) is 0 Å². The molecule has 2 heteroatoms. The third kappa shape index (κ3) is 4.69. The standard InChI is InChI=1S/C16H28N2/c1-6-12-18(7-2)15-11-9-8-10-14(15)13-17-16(3,4)5/h8-11,17H,6-7,12-13H2,1-5H3. The Morgan fingerprint density at radius 2 is 1.78 bits per heavy atom. The summed E-state index contributed by atoms with van der Waals surface area (Å²) in [5, 5.41) is 3.57. The number of para-hydroxylation sites is 1. The van der Waals surface area contributed by atoms with Crippen molar-refractivity contribution in [2.45, 2.75) is 53.1 Å². The lowest BCUT2D eigenvalue weighted by Crippen LogP contribution is -2.35. The molecule has 0 bridgehead atoms. The number of hydrogen-bond acceptors (Lipinski definition) is 2. The monoisotopic (exact) mass is 248 g/mol. The van der Waals surface area contributed by atoms with Crippen LogP contribution in [0.1, 0.15) is 46.6 Å². The van der Waals surface area contributed by atoms with Crippen LogP contribution in [0.5, 0.6) is 0 Å². The maximum absolute atomic E-state index is 3.57. The molecule has 1 aromatic rings. The van der Waals surface area contributed by atoms with E-state index in [1.54, 1.807) is 0 Å². The van der Waals surface area contributed by atoms with Gasteiger partial charge in [-0.1, -0.05) is 25.1 Å². The number of anilines is 1. The molecular formula is C16H28N2. The molecule has 0 saturated heterocycles. The first-order valence-corrected chi connectivity index (χ1v) is 7.05. The van der Waals surface area contributed by atoms with Gasteiger partial charge in [0.25, 0.3) is 0 Å². The molecule has 0 spiro atoms. The van der Waals surface area contributed by atoms with E-state index < -0.39 is 0 Å². The Hall–Kier alpha value is -1.02. The summed E-state index contributed by atoms with van der Waals surface area (Å²) in [4.78, 5) is 2.46. The van der Waals surface area contributed by atoms with Gasteiger partial charge in [-0.05, 0) is 45.7 Å². The zero-order valence-electron chi connectivity index (χ0n) is 12.6. The van der Waals surface area contributed by atoms with E-state index in [1.165, 1.54) is 17.7 Å². The molecule has 0 radical (unpaired) electrons. The smallest absolute Gasteiger partial charge is 0.0411 e. The van der Waals surface area contributed by atoms with Gasteiger partial charge in [0, 0.05) is 30.9 Å². The minimum absolute atomic E-state index is 0.162. The molecule has 0 fully saturated rings. The summed E-state index contributed by atoms with van der Waals surface area (Å²) in [6.45, 7) is 14.2. The molecule has 0 saturated carbocycles. The van der Waals surface area contributed by atoms with Crippen LogP contribution < -0.4 is 10.2 Å². The van der Waals surface area contributed by atoms with Gasteiger partial charge >= 0.3 is 0 Å². The highest BCUT2D eigenvalue weighted by Crippen LogP contribution is 2.21. The fourth-order valence-corrected chi connectivity index (χ4v) is 2.05. The Morgan fingerprint density at radius 1 is 1.11 bits per heavy atom. The predicted molar refractivity (Wildman–Crippen MR) is 81.2 cm³/mol. The van der Waals surface area contributed by atoms with Gasteiger partial charge in [-0.25, -0.2) is 0 Å². The second-order valence-electron chi connectivity index (χ2n) is 5.81. The molecule has 1 rings (SSSR count). The lowest BCUT2D eigenvalue weighted by molar-refractivity contribution is 0.424. The summed E-state index contributed by atoms with van der Waals surface area (Å²) in [6, 6.07) is 8.72. The van der Waals surface area contributed by atoms with Crippen molar-refractivity contribution in [1.29, 1.82) is 0 Å². The highest BCUT2D eigenvalue weighted by molar-refractivity contribution is 5.53. The summed E-state index contributed by atoms with van der Waals surface area (Å²) in [6.07, 6.45) is 1.19. The first-order chi connectivity index (χ1) is 8.48. The van der Waals surface area contributed by atoms with Crippen LogP contribution >= 0.6 is 0 Å². The maximum Gasteiger partial charge on any atom is 0.0411 e. The van der Waals surface area contributed by atoms with E-state index in [0.29, 0.717) is 0 Å². The second kappa shape index (κ2) is 6.79. The van der Waals surface area contributed by atoms with Crippen LogP contribution in [0.2, 0.25) is 0 Å². The summed E-state index contributed by atoms with van der Waals surface area (Å²) in [7, 11) is 0. The van der Waals surface area contributed by atoms with Crippen LogP contribution in [0.15, 0.2) is 24.3 Å². The van der Waals surface area contributed by atoms with Gasteiger partial charge in [0.2, 0.25) is 0 Å². The van der Waals surface area contributed by atoms with Crippen LogP contribution in [-0.2, 0) is 6.54 Å². The molecule has 0 aliphatic carbocycles. The first-order valence-electron chi connectivity index (χ1n) is 7.05. The lowest BCUT2D eigenvalue weighted by atomic mass is 10.1. The van der Waals surface area contributed by atoms with Gasteiger partial charge in [-0.15, -0.1) is 0 Å². The van der Waals surface area contributed by atoms with Crippen LogP contribution in [0.4, 0.5) is 5.69 Å². The van der Waals surface area contributed by atoms with Crippen molar-refractivity contribution >= 4 is 5.69 Å². The summed E-state index contributed by atoms with van der Waals surface area (Å²) in [5.74, 6) is 0. The molecule has 2 nitrogen and oxygen atoms in total.